The standard InChI is InChI=1S/C28H22O4/c1-3-20-5-9-22(10-6-20)28(29)32-27-16-12-23-17-26(15-11-24(23)18-27)31-19-30-25-13-7-21(4-2)8-14-25/h3-18H,1-2,19H2. The van der Waals surface area contributed by atoms with Crippen molar-refractivity contribution < 1.29 is 19.0 Å². The number of hydrogen-bond acceptors (Lipinski definition) is 4. The number of carbonyl (C=O) groups is 1. The van der Waals surface area contributed by atoms with E-state index in [1.165, 1.54) is 0 Å². The highest BCUT2D eigenvalue weighted by molar-refractivity contribution is 5.92. The first kappa shape index (κ1) is 20.9. The van der Waals surface area contributed by atoms with Gasteiger partial charge in [0.1, 0.15) is 17.2 Å². The van der Waals surface area contributed by atoms with Gasteiger partial charge in [-0.3, -0.25) is 0 Å². The second-order valence-corrected chi connectivity index (χ2v) is 7.07. The molecule has 0 fully saturated rings. The summed E-state index contributed by atoms with van der Waals surface area (Å²) < 4.78 is 16.9. The molecule has 0 atom stereocenters. The number of rotatable bonds is 8. The summed E-state index contributed by atoms with van der Waals surface area (Å²) in [4.78, 5) is 12.4. The predicted molar refractivity (Wildman–Crippen MR) is 128 cm³/mol. The van der Waals surface area contributed by atoms with Crippen LogP contribution in [0, 0.1) is 0 Å². The van der Waals surface area contributed by atoms with Crippen molar-refractivity contribution in [2.75, 3.05) is 6.79 Å². The average molecular weight is 422 g/mol. The van der Waals surface area contributed by atoms with Crippen LogP contribution in [0.5, 0.6) is 17.2 Å². The van der Waals surface area contributed by atoms with Gasteiger partial charge in [0.05, 0.1) is 5.56 Å². The van der Waals surface area contributed by atoms with Crippen LogP contribution in [-0.4, -0.2) is 12.8 Å². The Morgan fingerprint density at radius 2 is 1.16 bits per heavy atom. The zero-order chi connectivity index (χ0) is 22.3. The zero-order valence-electron chi connectivity index (χ0n) is 17.5. The van der Waals surface area contributed by atoms with E-state index in [-0.39, 0.29) is 6.79 Å². The van der Waals surface area contributed by atoms with Gasteiger partial charge < -0.3 is 14.2 Å². The molecule has 0 radical (unpaired) electrons. The number of hydrogen-bond donors (Lipinski definition) is 0. The lowest BCUT2D eigenvalue weighted by molar-refractivity contribution is 0.0735. The van der Waals surface area contributed by atoms with Crippen LogP contribution in [0.1, 0.15) is 21.5 Å². The summed E-state index contributed by atoms with van der Waals surface area (Å²) in [5, 5.41) is 1.90. The maximum Gasteiger partial charge on any atom is 0.343 e. The van der Waals surface area contributed by atoms with Crippen molar-refractivity contribution in [3.8, 4) is 17.2 Å². The quantitative estimate of drug-likeness (QED) is 0.179. The van der Waals surface area contributed by atoms with Crippen molar-refractivity contribution in [3.63, 3.8) is 0 Å². The molecular weight excluding hydrogens is 400 g/mol. The lowest BCUT2D eigenvalue weighted by Gasteiger charge is -2.10. The molecular formula is C28H22O4. The largest absolute Gasteiger partial charge is 0.458 e. The number of benzene rings is 4. The fourth-order valence-electron chi connectivity index (χ4n) is 3.14. The maximum atomic E-state index is 12.4. The van der Waals surface area contributed by atoms with E-state index in [1.807, 2.05) is 66.7 Å². The molecule has 0 aliphatic heterocycles. The fraction of sp³-hybridized carbons (Fsp3) is 0.0357. The average Bonchev–Trinajstić information content (AvgIpc) is 2.84. The highest BCUT2D eigenvalue weighted by Gasteiger charge is 2.09. The molecule has 4 aromatic carbocycles. The molecule has 0 aromatic heterocycles. The first-order valence-corrected chi connectivity index (χ1v) is 10.1. The molecule has 0 spiro atoms. The second-order valence-electron chi connectivity index (χ2n) is 7.07. The van der Waals surface area contributed by atoms with Gasteiger partial charge in [0.2, 0.25) is 6.79 Å². The van der Waals surface area contributed by atoms with Gasteiger partial charge in [0.15, 0.2) is 0 Å². The molecule has 4 nitrogen and oxygen atoms in total. The Balaban J connectivity index is 1.38. The summed E-state index contributed by atoms with van der Waals surface area (Å²) >= 11 is 0. The van der Waals surface area contributed by atoms with Crippen LogP contribution < -0.4 is 14.2 Å². The summed E-state index contributed by atoms with van der Waals surface area (Å²) in [6.45, 7) is 7.54. The Morgan fingerprint density at radius 3 is 1.78 bits per heavy atom. The number of fused-ring (bicyclic) bond motifs is 1. The summed E-state index contributed by atoms with van der Waals surface area (Å²) in [5.74, 6) is 1.49. The molecule has 0 aliphatic carbocycles. The van der Waals surface area contributed by atoms with E-state index in [4.69, 9.17) is 14.2 Å². The van der Waals surface area contributed by atoms with Crippen molar-refractivity contribution in [1.29, 1.82) is 0 Å². The topological polar surface area (TPSA) is 44.8 Å². The third kappa shape index (κ3) is 5.05. The van der Waals surface area contributed by atoms with Crippen molar-refractivity contribution in [2.45, 2.75) is 0 Å². The van der Waals surface area contributed by atoms with E-state index in [2.05, 4.69) is 13.2 Å². The minimum atomic E-state index is -0.404. The minimum Gasteiger partial charge on any atom is -0.458 e. The Morgan fingerprint density at radius 1 is 0.656 bits per heavy atom. The van der Waals surface area contributed by atoms with Crippen molar-refractivity contribution in [1.82, 2.24) is 0 Å². The van der Waals surface area contributed by atoms with Crippen LogP contribution >= 0.6 is 0 Å². The van der Waals surface area contributed by atoms with Gasteiger partial charge in [-0.25, -0.2) is 4.79 Å². The molecule has 4 rings (SSSR count). The summed E-state index contributed by atoms with van der Waals surface area (Å²) in [6, 6.07) is 25.9. The fourth-order valence-corrected chi connectivity index (χ4v) is 3.14. The Hall–Kier alpha value is -4.31. The van der Waals surface area contributed by atoms with Gasteiger partial charge in [-0.15, -0.1) is 0 Å². The van der Waals surface area contributed by atoms with Gasteiger partial charge in [0.25, 0.3) is 0 Å². The molecule has 4 heteroatoms. The minimum absolute atomic E-state index is 0.0965. The Bertz CT molecular complexity index is 1260. The summed E-state index contributed by atoms with van der Waals surface area (Å²) in [7, 11) is 0. The molecule has 0 bridgehead atoms. The van der Waals surface area contributed by atoms with Gasteiger partial charge >= 0.3 is 5.97 Å². The van der Waals surface area contributed by atoms with E-state index in [1.54, 1.807) is 30.4 Å². The Kier molecular flexibility index (Phi) is 6.33. The van der Waals surface area contributed by atoms with Gasteiger partial charge in [0, 0.05) is 0 Å². The number of ether oxygens (including phenoxy) is 3. The molecule has 0 N–H and O–H groups in total. The molecule has 0 saturated heterocycles. The highest BCUT2D eigenvalue weighted by Crippen LogP contribution is 2.26. The molecule has 0 heterocycles. The van der Waals surface area contributed by atoms with Crippen molar-refractivity contribution in [2.24, 2.45) is 0 Å². The van der Waals surface area contributed by atoms with Crippen LogP contribution in [0.4, 0.5) is 0 Å². The van der Waals surface area contributed by atoms with Crippen LogP contribution in [-0.2, 0) is 0 Å². The van der Waals surface area contributed by atoms with Crippen molar-refractivity contribution >= 4 is 28.9 Å². The first-order chi connectivity index (χ1) is 15.6. The third-order valence-electron chi connectivity index (χ3n) is 4.94. The molecule has 0 saturated carbocycles. The molecule has 4 aromatic rings. The molecule has 158 valence electrons. The van der Waals surface area contributed by atoms with Crippen LogP contribution in [0.2, 0.25) is 0 Å². The number of carbonyl (C=O) groups excluding carboxylic acids is 1. The van der Waals surface area contributed by atoms with E-state index < -0.39 is 5.97 Å². The maximum absolute atomic E-state index is 12.4. The third-order valence-corrected chi connectivity index (χ3v) is 4.94. The normalized spacial score (nSPS) is 10.4. The van der Waals surface area contributed by atoms with Gasteiger partial charge in [-0.2, -0.15) is 0 Å². The Labute approximate surface area is 187 Å². The van der Waals surface area contributed by atoms with E-state index in [0.29, 0.717) is 17.1 Å². The summed E-state index contributed by atoms with van der Waals surface area (Å²) in [6.07, 6.45) is 3.51. The lowest BCUT2D eigenvalue weighted by Crippen LogP contribution is -2.08. The van der Waals surface area contributed by atoms with Gasteiger partial charge in [-0.05, 0) is 70.4 Å². The predicted octanol–water partition coefficient (Wildman–Crippen LogP) is 6.76. The molecule has 0 aliphatic rings. The van der Waals surface area contributed by atoms with E-state index in [9.17, 15) is 4.79 Å². The van der Waals surface area contributed by atoms with E-state index in [0.717, 1.165) is 27.6 Å². The van der Waals surface area contributed by atoms with Crippen molar-refractivity contribution in [3.05, 3.63) is 115 Å². The highest BCUT2D eigenvalue weighted by atomic mass is 16.7. The SMILES string of the molecule is C=Cc1ccc(OCOc2ccc3cc(OC(=O)c4ccc(C=C)cc4)ccc3c2)cc1. The molecule has 0 amide bonds. The van der Waals surface area contributed by atoms with Crippen LogP contribution in [0.25, 0.3) is 22.9 Å². The van der Waals surface area contributed by atoms with Gasteiger partial charge in [-0.1, -0.05) is 61.7 Å². The smallest absolute Gasteiger partial charge is 0.343 e. The van der Waals surface area contributed by atoms with Crippen LogP contribution in [0.3, 0.4) is 0 Å². The monoisotopic (exact) mass is 422 g/mol. The molecule has 0 unspecified atom stereocenters. The summed E-state index contributed by atoms with van der Waals surface area (Å²) in [5.41, 5.74) is 2.46. The lowest BCUT2D eigenvalue weighted by atomic mass is 10.1. The number of esters is 1. The van der Waals surface area contributed by atoms with E-state index >= 15 is 0 Å². The molecule has 32 heavy (non-hydrogen) atoms. The second kappa shape index (κ2) is 9.67. The first-order valence-electron chi connectivity index (χ1n) is 10.1. The zero-order valence-corrected chi connectivity index (χ0v) is 17.5. The van der Waals surface area contributed by atoms with Crippen LogP contribution in [0.15, 0.2) is 98.1 Å².